The maximum atomic E-state index is 12.8. The van der Waals surface area contributed by atoms with Gasteiger partial charge in [0.1, 0.15) is 0 Å². The first-order chi connectivity index (χ1) is 6.81. The fourth-order valence-corrected chi connectivity index (χ4v) is 1.26. The topological polar surface area (TPSA) is 61.2 Å². The predicted octanol–water partition coefficient (Wildman–Crippen LogP) is 0.955. The molecule has 0 amide bonds. The molecule has 1 aromatic rings. The average Bonchev–Trinajstić information content (AvgIpc) is 2.47. The lowest BCUT2D eigenvalue weighted by Gasteiger charge is -2.10. The first-order valence-electron chi connectivity index (χ1n) is 3.66. The normalized spacial score (nSPS) is 14.2. The molecule has 1 aromatic heterocycles. The molecule has 0 aliphatic heterocycles. The summed E-state index contributed by atoms with van der Waals surface area (Å²) in [6.45, 7) is 0. The van der Waals surface area contributed by atoms with Gasteiger partial charge in [0.2, 0.25) is 5.88 Å². The van der Waals surface area contributed by atoms with Crippen molar-refractivity contribution >= 4 is 10.1 Å². The van der Waals surface area contributed by atoms with Crippen molar-refractivity contribution in [1.29, 1.82) is 0 Å². The number of halogens is 3. The lowest BCUT2D eigenvalue weighted by Crippen LogP contribution is -2.17. The van der Waals surface area contributed by atoms with E-state index in [9.17, 15) is 21.6 Å². The molecule has 86 valence electrons. The van der Waals surface area contributed by atoms with E-state index in [4.69, 9.17) is 0 Å². The summed E-state index contributed by atoms with van der Waals surface area (Å²) in [5, 5.41) is 3.19. The summed E-state index contributed by atoms with van der Waals surface area (Å²) in [5.41, 5.74) is 0. The molecule has 1 unspecified atom stereocenters. The second-order valence-corrected chi connectivity index (χ2v) is 4.18. The van der Waals surface area contributed by atoms with E-state index in [1.54, 1.807) is 0 Å². The van der Waals surface area contributed by atoms with Gasteiger partial charge in [0, 0.05) is 6.07 Å². The van der Waals surface area contributed by atoms with Crippen LogP contribution in [0.4, 0.5) is 13.2 Å². The molecule has 0 bridgehead atoms. The Labute approximate surface area is 83.6 Å². The number of aromatic nitrogens is 2. The second-order valence-electron chi connectivity index (χ2n) is 2.61. The molecule has 0 N–H and O–H groups in total. The standard InChI is InChI=1S/C6H7F3N2O3S/c1-15(12,13)14-4-2-3-10-11(4)6(9)5(7)8/h2-3,5-6H,1H3. The zero-order valence-corrected chi connectivity index (χ0v) is 8.29. The van der Waals surface area contributed by atoms with Crippen molar-refractivity contribution in [2.45, 2.75) is 12.7 Å². The molecule has 5 nitrogen and oxygen atoms in total. The van der Waals surface area contributed by atoms with E-state index in [1.165, 1.54) is 0 Å². The number of hydrogen-bond acceptors (Lipinski definition) is 4. The summed E-state index contributed by atoms with van der Waals surface area (Å²) >= 11 is 0. The minimum absolute atomic E-state index is 0.158. The SMILES string of the molecule is CS(=O)(=O)Oc1ccnn1C(F)C(F)F. The zero-order valence-electron chi connectivity index (χ0n) is 7.47. The van der Waals surface area contributed by atoms with Crippen LogP contribution in [0.1, 0.15) is 6.30 Å². The molecular formula is C6H7F3N2O3S. The maximum absolute atomic E-state index is 12.8. The number of nitrogens with zero attached hydrogens (tertiary/aromatic N) is 2. The summed E-state index contributed by atoms with van der Waals surface area (Å²) in [7, 11) is -3.90. The van der Waals surface area contributed by atoms with E-state index >= 15 is 0 Å². The summed E-state index contributed by atoms with van der Waals surface area (Å²) in [5.74, 6) is -0.592. The van der Waals surface area contributed by atoms with Gasteiger partial charge in [-0.05, 0) is 0 Å². The third-order valence-corrected chi connectivity index (χ3v) is 1.79. The largest absolute Gasteiger partial charge is 0.362 e. The van der Waals surface area contributed by atoms with Gasteiger partial charge >= 0.3 is 10.1 Å². The first-order valence-corrected chi connectivity index (χ1v) is 5.48. The smallest absolute Gasteiger partial charge is 0.307 e. The maximum Gasteiger partial charge on any atom is 0.307 e. The Kier molecular flexibility index (Phi) is 3.22. The number of rotatable bonds is 4. The van der Waals surface area contributed by atoms with Crippen LogP contribution in [0.25, 0.3) is 0 Å². The van der Waals surface area contributed by atoms with E-state index in [0.29, 0.717) is 6.26 Å². The minimum atomic E-state index is -3.90. The van der Waals surface area contributed by atoms with Gasteiger partial charge in [-0.3, -0.25) is 0 Å². The third kappa shape index (κ3) is 3.11. The second kappa shape index (κ2) is 4.09. The van der Waals surface area contributed by atoms with Crippen molar-refractivity contribution < 1.29 is 25.8 Å². The van der Waals surface area contributed by atoms with Crippen molar-refractivity contribution in [2.75, 3.05) is 6.26 Å². The van der Waals surface area contributed by atoms with E-state index < -0.39 is 28.7 Å². The quantitative estimate of drug-likeness (QED) is 0.740. The van der Waals surface area contributed by atoms with Crippen LogP contribution in [0.5, 0.6) is 5.88 Å². The summed E-state index contributed by atoms with van der Waals surface area (Å²) in [6, 6.07) is 0.968. The van der Waals surface area contributed by atoms with Gasteiger partial charge in [-0.25, -0.2) is 13.2 Å². The van der Waals surface area contributed by atoms with E-state index in [1.807, 2.05) is 0 Å². The Balaban J connectivity index is 2.97. The van der Waals surface area contributed by atoms with Crippen LogP contribution in [-0.4, -0.2) is 30.9 Å². The highest BCUT2D eigenvalue weighted by atomic mass is 32.2. The molecule has 0 fully saturated rings. The molecule has 0 aromatic carbocycles. The van der Waals surface area contributed by atoms with Crippen molar-refractivity contribution in [3.63, 3.8) is 0 Å². The molecule has 0 spiro atoms. The van der Waals surface area contributed by atoms with Gasteiger partial charge in [-0.15, -0.1) is 0 Å². The van der Waals surface area contributed by atoms with Crippen LogP contribution in [0, 0.1) is 0 Å². The van der Waals surface area contributed by atoms with Crippen molar-refractivity contribution in [3.05, 3.63) is 12.3 Å². The third-order valence-electron chi connectivity index (χ3n) is 1.31. The average molecular weight is 244 g/mol. The van der Waals surface area contributed by atoms with Gasteiger partial charge in [-0.1, -0.05) is 0 Å². The molecule has 15 heavy (non-hydrogen) atoms. The number of alkyl halides is 3. The van der Waals surface area contributed by atoms with Gasteiger partial charge in [-0.2, -0.15) is 18.2 Å². The fraction of sp³-hybridized carbons (Fsp3) is 0.500. The Hall–Kier alpha value is -1.25. The number of hydrogen-bond donors (Lipinski definition) is 0. The molecule has 0 radical (unpaired) electrons. The van der Waals surface area contributed by atoms with Crippen LogP contribution < -0.4 is 4.18 Å². The summed E-state index contributed by atoms with van der Waals surface area (Å²) < 4.78 is 62.5. The van der Waals surface area contributed by atoms with Gasteiger partial charge in [0.05, 0.1) is 12.5 Å². The van der Waals surface area contributed by atoms with Crippen LogP contribution in [-0.2, 0) is 10.1 Å². The first kappa shape index (κ1) is 11.8. The van der Waals surface area contributed by atoms with Crippen LogP contribution in [0.15, 0.2) is 12.3 Å². The summed E-state index contributed by atoms with van der Waals surface area (Å²) in [4.78, 5) is 0. The molecule has 1 heterocycles. The lowest BCUT2D eigenvalue weighted by atomic mass is 10.6. The Morgan fingerprint density at radius 2 is 2.07 bits per heavy atom. The van der Waals surface area contributed by atoms with Crippen LogP contribution in [0.3, 0.4) is 0 Å². The highest BCUT2D eigenvalue weighted by Gasteiger charge is 2.25. The van der Waals surface area contributed by atoms with E-state index in [0.717, 1.165) is 12.3 Å². The Morgan fingerprint density at radius 3 is 2.53 bits per heavy atom. The minimum Gasteiger partial charge on any atom is -0.362 e. The predicted molar refractivity (Wildman–Crippen MR) is 43.8 cm³/mol. The fourth-order valence-electron chi connectivity index (χ4n) is 0.815. The monoisotopic (exact) mass is 244 g/mol. The van der Waals surface area contributed by atoms with Gasteiger partial charge in [0.15, 0.2) is 0 Å². The molecule has 9 heteroatoms. The Morgan fingerprint density at radius 1 is 1.47 bits per heavy atom. The highest BCUT2D eigenvalue weighted by Crippen LogP contribution is 2.23. The van der Waals surface area contributed by atoms with Gasteiger partial charge in [0.25, 0.3) is 12.7 Å². The molecule has 0 aliphatic rings. The molecule has 1 atom stereocenters. The van der Waals surface area contributed by atoms with Gasteiger partial charge < -0.3 is 4.18 Å². The van der Waals surface area contributed by atoms with E-state index in [-0.39, 0.29) is 4.68 Å². The lowest BCUT2D eigenvalue weighted by molar-refractivity contribution is -0.00184. The molecule has 0 saturated carbocycles. The van der Waals surface area contributed by atoms with Crippen molar-refractivity contribution in [1.82, 2.24) is 9.78 Å². The summed E-state index contributed by atoms with van der Waals surface area (Å²) in [6.07, 6.45) is -4.39. The molecule has 1 rings (SSSR count). The van der Waals surface area contributed by atoms with Crippen molar-refractivity contribution in [3.8, 4) is 5.88 Å². The molecular weight excluding hydrogens is 237 g/mol. The zero-order chi connectivity index (χ0) is 11.6. The van der Waals surface area contributed by atoms with Crippen LogP contribution in [0.2, 0.25) is 0 Å². The Bertz CT molecular complexity index is 431. The van der Waals surface area contributed by atoms with Crippen molar-refractivity contribution in [2.24, 2.45) is 0 Å². The molecule has 0 saturated heterocycles. The molecule has 0 aliphatic carbocycles. The van der Waals surface area contributed by atoms with Crippen LogP contribution >= 0.6 is 0 Å². The van der Waals surface area contributed by atoms with E-state index in [2.05, 4.69) is 9.28 Å². The highest BCUT2D eigenvalue weighted by molar-refractivity contribution is 7.86.